The third-order valence-electron chi connectivity index (χ3n) is 3.39. The first-order valence-electron chi connectivity index (χ1n) is 6.99. The lowest BCUT2D eigenvalue weighted by atomic mass is 10.1. The third kappa shape index (κ3) is 3.27. The highest BCUT2D eigenvalue weighted by molar-refractivity contribution is 5.92. The number of nitrogens with zero attached hydrogens (tertiary/aromatic N) is 1. The summed E-state index contributed by atoms with van der Waals surface area (Å²) in [5, 5.41) is 0. The molecule has 0 unspecified atom stereocenters. The first-order valence-corrected chi connectivity index (χ1v) is 6.99. The van der Waals surface area contributed by atoms with Gasteiger partial charge in [-0.25, -0.2) is 5.84 Å². The monoisotopic (exact) mass is 271 g/mol. The molecule has 2 aromatic rings. The predicted octanol–water partition coefficient (Wildman–Crippen LogP) is 2.29. The summed E-state index contributed by atoms with van der Waals surface area (Å²) in [6, 6.07) is 14.2. The topological polar surface area (TPSA) is 60.0 Å². The number of aromatic nitrogens is 1. The van der Waals surface area contributed by atoms with Crippen molar-refractivity contribution in [3.8, 4) is 0 Å². The Balaban J connectivity index is 2.15. The highest BCUT2D eigenvalue weighted by Gasteiger charge is 2.13. The van der Waals surface area contributed by atoms with Crippen molar-refractivity contribution in [2.75, 3.05) is 0 Å². The Morgan fingerprint density at radius 1 is 1.15 bits per heavy atom. The molecule has 0 spiro atoms. The summed E-state index contributed by atoms with van der Waals surface area (Å²) >= 11 is 0. The maximum absolute atomic E-state index is 11.7. The van der Waals surface area contributed by atoms with Crippen molar-refractivity contribution in [1.82, 2.24) is 9.99 Å². The van der Waals surface area contributed by atoms with Crippen molar-refractivity contribution in [2.45, 2.75) is 32.7 Å². The zero-order valence-corrected chi connectivity index (χ0v) is 11.8. The molecule has 1 amide bonds. The number of hydrogen-bond acceptors (Lipinski definition) is 2. The van der Waals surface area contributed by atoms with E-state index in [9.17, 15) is 4.79 Å². The molecule has 0 saturated carbocycles. The lowest BCUT2D eigenvalue weighted by Crippen LogP contribution is -2.32. The number of nitrogens with one attached hydrogen (secondary N) is 1. The van der Waals surface area contributed by atoms with Gasteiger partial charge in [0.05, 0.1) is 0 Å². The van der Waals surface area contributed by atoms with Gasteiger partial charge in [-0.1, -0.05) is 37.3 Å². The fraction of sp³-hybridized carbons (Fsp3) is 0.312. The molecule has 1 aromatic heterocycles. The smallest absolute Gasteiger partial charge is 0.281 e. The Labute approximate surface area is 119 Å². The summed E-state index contributed by atoms with van der Waals surface area (Å²) in [5.41, 5.74) is 5.33. The van der Waals surface area contributed by atoms with Crippen LogP contribution in [0.25, 0.3) is 0 Å². The Morgan fingerprint density at radius 3 is 2.55 bits per heavy atom. The van der Waals surface area contributed by atoms with Gasteiger partial charge >= 0.3 is 0 Å². The minimum Gasteiger partial charge on any atom is -0.341 e. The predicted molar refractivity (Wildman–Crippen MR) is 80.2 cm³/mol. The number of rotatable bonds is 6. The second kappa shape index (κ2) is 6.91. The van der Waals surface area contributed by atoms with E-state index in [-0.39, 0.29) is 5.91 Å². The molecule has 106 valence electrons. The molecule has 4 nitrogen and oxygen atoms in total. The fourth-order valence-corrected chi connectivity index (χ4v) is 2.41. The molecule has 1 heterocycles. The van der Waals surface area contributed by atoms with Gasteiger partial charge in [0, 0.05) is 12.2 Å². The van der Waals surface area contributed by atoms with Gasteiger partial charge in [-0.05, 0) is 37.0 Å². The number of carbonyl (C=O) groups excluding carboxylic acids is 1. The average Bonchev–Trinajstić information content (AvgIpc) is 2.89. The van der Waals surface area contributed by atoms with Gasteiger partial charge in [0.1, 0.15) is 5.69 Å². The van der Waals surface area contributed by atoms with Crippen LogP contribution in [0.2, 0.25) is 0 Å². The van der Waals surface area contributed by atoms with Crippen LogP contribution in [0.1, 0.15) is 35.1 Å². The van der Waals surface area contributed by atoms with E-state index >= 15 is 0 Å². The first kappa shape index (κ1) is 14.3. The van der Waals surface area contributed by atoms with E-state index in [4.69, 9.17) is 5.84 Å². The van der Waals surface area contributed by atoms with E-state index in [1.807, 2.05) is 30.3 Å². The fourth-order valence-electron chi connectivity index (χ4n) is 2.41. The number of hydrogen-bond donors (Lipinski definition) is 2. The van der Waals surface area contributed by atoms with Crippen LogP contribution in [0.5, 0.6) is 0 Å². The number of benzene rings is 1. The minimum absolute atomic E-state index is 0.232. The molecule has 20 heavy (non-hydrogen) atoms. The average molecular weight is 271 g/mol. The summed E-state index contributed by atoms with van der Waals surface area (Å²) < 4.78 is 2.06. The SMILES string of the molecule is CCCn1c(CCc2ccccc2)ccc1C(=O)NN. The molecular weight excluding hydrogens is 250 g/mol. The van der Waals surface area contributed by atoms with E-state index < -0.39 is 0 Å². The molecule has 0 saturated heterocycles. The largest absolute Gasteiger partial charge is 0.341 e. The van der Waals surface area contributed by atoms with Crippen molar-refractivity contribution in [2.24, 2.45) is 5.84 Å². The van der Waals surface area contributed by atoms with Gasteiger partial charge in [0.15, 0.2) is 0 Å². The maximum atomic E-state index is 11.7. The molecule has 0 aliphatic carbocycles. The molecule has 0 bridgehead atoms. The van der Waals surface area contributed by atoms with E-state index in [0.29, 0.717) is 5.69 Å². The molecule has 0 aliphatic rings. The molecule has 0 radical (unpaired) electrons. The summed E-state index contributed by atoms with van der Waals surface area (Å²) in [5.74, 6) is 5.00. The van der Waals surface area contributed by atoms with Crippen LogP contribution in [-0.4, -0.2) is 10.5 Å². The van der Waals surface area contributed by atoms with Crippen LogP contribution < -0.4 is 11.3 Å². The molecule has 0 aliphatic heterocycles. The molecule has 2 rings (SSSR count). The van der Waals surface area contributed by atoms with E-state index in [2.05, 4.69) is 29.0 Å². The Kier molecular flexibility index (Phi) is 4.96. The normalized spacial score (nSPS) is 10.5. The van der Waals surface area contributed by atoms with Gasteiger partial charge in [-0.15, -0.1) is 0 Å². The lowest BCUT2D eigenvalue weighted by molar-refractivity contribution is 0.0944. The van der Waals surface area contributed by atoms with Crippen molar-refractivity contribution in [1.29, 1.82) is 0 Å². The number of amides is 1. The number of nitrogen functional groups attached to an aromatic ring is 1. The van der Waals surface area contributed by atoms with Crippen LogP contribution in [0.4, 0.5) is 0 Å². The first-order chi connectivity index (χ1) is 9.76. The van der Waals surface area contributed by atoms with Crippen LogP contribution >= 0.6 is 0 Å². The molecule has 1 aromatic carbocycles. The van der Waals surface area contributed by atoms with Crippen molar-refractivity contribution >= 4 is 5.91 Å². The van der Waals surface area contributed by atoms with Crippen molar-refractivity contribution < 1.29 is 4.79 Å². The summed E-state index contributed by atoms with van der Waals surface area (Å²) in [6.07, 6.45) is 2.87. The third-order valence-corrected chi connectivity index (χ3v) is 3.39. The van der Waals surface area contributed by atoms with E-state index in [1.165, 1.54) is 11.3 Å². The van der Waals surface area contributed by atoms with E-state index in [0.717, 1.165) is 25.8 Å². The zero-order valence-electron chi connectivity index (χ0n) is 11.8. The Bertz CT molecular complexity index is 560. The number of aryl methyl sites for hydroxylation is 2. The van der Waals surface area contributed by atoms with Gasteiger partial charge in [0.2, 0.25) is 0 Å². The molecule has 4 heteroatoms. The highest BCUT2D eigenvalue weighted by atomic mass is 16.2. The van der Waals surface area contributed by atoms with E-state index in [1.54, 1.807) is 0 Å². The maximum Gasteiger partial charge on any atom is 0.281 e. The lowest BCUT2D eigenvalue weighted by Gasteiger charge is -2.11. The number of carbonyl (C=O) groups is 1. The Morgan fingerprint density at radius 2 is 1.90 bits per heavy atom. The van der Waals surface area contributed by atoms with Gasteiger partial charge < -0.3 is 4.57 Å². The summed E-state index contributed by atoms with van der Waals surface area (Å²) in [4.78, 5) is 11.7. The zero-order chi connectivity index (χ0) is 14.4. The number of hydrazine groups is 1. The molecule has 0 fully saturated rings. The van der Waals surface area contributed by atoms with Crippen molar-refractivity contribution in [3.63, 3.8) is 0 Å². The molecular formula is C16H21N3O. The van der Waals surface area contributed by atoms with Gasteiger partial charge in [-0.3, -0.25) is 10.2 Å². The second-order valence-electron chi connectivity index (χ2n) is 4.82. The van der Waals surface area contributed by atoms with Crippen LogP contribution in [-0.2, 0) is 19.4 Å². The second-order valence-corrected chi connectivity index (χ2v) is 4.82. The van der Waals surface area contributed by atoms with Crippen LogP contribution in [0, 0.1) is 0 Å². The molecule has 0 atom stereocenters. The van der Waals surface area contributed by atoms with Gasteiger partial charge in [0.25, 0.3) is 5.91 Å². The highest BCUT2D eigenvalue weighted by Crippen LogP contribution is 2.13. The van der Waals surface area contributed by atoms with Crippen LogP contribution in [0.15, 0.2) is 42.5 Å². The minimum atomic E-state index is -0.232. The summed E-state index contributed by atoms with van der Waals surface area (Å²) in [6.45, 7) is 2.94. The standard InChI is InChI=1S/C16H21N3O/c1-2-12-19-14(10-11-15(19)16(20)18-17)9-8-13-6-4-3-5-7-13/h3-7,10-11H,2,8-9,12,17H2,1H3,(H,18,20). The quantitative estimate of drug-likeness (QED) is 0.481. The Hall–Kier alpha value is -2.07. The number of nitrogens with two attached hydrogens (primary N) is 1. The van der Waals surface area contributed by atoms with Gasteiger partial charge in [-0.2, -0.15) is 0 Å². The summed E-state index contributed by atoms with van der Waals surface area (Å²) in [7, 11) is 0. The van der Waals surface area contributed by atoms with Crippen molar-refractivity contribution in [3.05, 3.63) is 59.4 Å². The van der Waals surface area contributed by atoms with Crippen LogP contribution in [0.3, 0.4) is 0 Å². The molecule has 3 N–H and O–H groups in total.